The van der Waals surface area contributed by atoms with E-state index in [0.717, 1.165) is 77.5 Å². The molecule has 1 saturated heterocycles. The zero-order chi connectivity index (χ0) is 20.1. The second kappa shape index (κ2) is 16.2. The van der Waals surface area contributed by atoms with Crippen LogP contribution in [0.5, 0.6) is 0 Å². The van der Waals surface area contributed by atoms with Crippen molar-refractivity contribution in [3.05, 3.63) is 0 Å². The molecule has 0 aromatic carbocycles. The summed E-state index contributed by atoms with van der Waals surface area (Å²) in [4.78, 5) is 18.4. The fraction of sp³-hybridized carbons (Fsp3) is 0.900. The minimum atomic E-state index is -0.164. The lowest BCUT2D eigenvalue weighted by Gasteiger charge is -2.30. The highest BCUT2D eigenvalue weighted by molar-refractivity contribution is 14.0. The van der Waals surface area contributed by atoms with Crippen molar-refractivity contribution in [1.82, 2.24) is 15.5 Å². The summed E-state index contributed by atoms with van der Waals surface area (Å²) in [6.45, 7) is 14.5. The maximum Gasteiger partial charge on any atom is 0.221 e. The van der Waals surface area contributed by atoms with Crippen LogP contribution in [0.4, 0.5) is 0 Å². The number of rotatable bonds is 12. The summed E-state index contributed by atoms with van der Waals surface area (Å²) < 4.78 is 5.80. The lowest BCUT2D eigenvalue weighted by atomic mass is 9.97. The Morgan fingerprint density at radius 3 is 2.68 bits per heavy atom. The van der Waals surface area contributed by atoms with Gasteiger partial charge in [0.2, 0.25) is 5.91 Å². The number of nitrogens with two attached hydrogens (primary N) is 1. The van der Waals surface area contributed by atoms with E-state index in [2.05, 4.69) is 41.3 Å². The van der Waals surface area contributed by atoms with Gasteiger partial charge in [0.05, 0.1) is 12.0 Å². The van der Waals surface area contributed by atoms with Crippen molar-refractivity contribution in [2.45, 2.75) is 59.5 Å². The summed E-state index contributed by atoms with van der Waals surface area (Å²) in [5.41, 5.74) is 5.45. The van der Waals surface area contributed by atoms with Crippen LogP contribution in [0.2, 0.25) is 0 Å². The number of likely N-dealkylation sites (tertiary alicyclic amines) is 1. The molecule has 1 aliphatic rings. The molecule has 166 valence electrons. The van der Waals surface area contributed by atoms with E-state index in [1.54, 1.807) is 0 Å². The first kappa shape index (κ1) is 27.4. The van der Waals surface area contributed by atoms with Gasteiger partial charge in [-0.3, -0.25) is 9.79 Å². The fourth-order valence-corrected chi connectivity index (χ4v) is 3.47. The molecule has 0 bridgehead atoms. The van der Waals surface area contributed by atoms with Crippen LogP contribution < -0.4 is 16.4 Å². The molecule has 0 aromatic rings. The largest absolute Gasteiger partial charge is 0.378 e. The monoisotopic (exact) mass is 511 g/mol. The van der Waals surface area contributed by atoms with Gasteiger partial charge in [-0.15, -0.1) is 24.0 Å². The first-order chi connectivity index (χ1) is 13.0. The van der Waals surface area contributed by atoms with Gasteiger partial charge in [0, 0.05) is 32.8 Å². The van der Waals surface area contributed by atoms with Gasteiger partial charge in [-0.25, -0.2) is 0 Å². The van der Waals surface area contributed by atoms with Crippen LogP contribution >= 0.6 is 24.0 Å². The van der Waals surface area contributed by atoms with E-state index in [9.17, 15) is 4.79 Å². The van der Waals surface area contributed by atoms with Gasteiger partial charge in [-0.2, -0.15) is 0 Å². The number of halogens is 1. The summed E-state index contributed by atoms with van der Waals surface area (Å²) in [6, 6.07) is 0. The molecule has 0 radical (unpaired) electrons. The predicted molar refractivity (Wildman–Crippen MR) is 127 cm³/mol. The van der Waals surface area contributed by atoms with Gasteiger partial charge in [0.1, 0.15) is 0 Å². The number of ether oxygens (including phenoxy) is 1. The second-order valence-corrected chi connectivity index (χ2v) is 7.61. The van der Waals surface area contributed by atoms with Gasteiger partial charge < -0.3 is 26.0 Å². The zero-order valence-electron chi connectivity index (χ0n) is 18.2. The van der Waals surface area contributed by atoms with E-state index in [1.165, 1.54) is 0 Å². The molecule has 0 aliphatic carbocycles. The molecule has 1 fully saturated rings. The lowest BCUT2D eigenvalue weighted by Crippen LogP contribution is -2.41. The minimum absolute atomic E-state index is 0. The van der Waals surface area contributed by atoms with Crippen LogP contribution in [0.1, 0.15) is 53.4 Å². The molecule has 1 amide bonds. The van der Waals surface area contributed by atoms with Gasteiger partial charge in [-0.05, 0) is 58.5 Å². The Morgan fingerprint density at radius 2 is 2.07 bits per heavy atom. The van der Waals surface area contributed by atoms with Crippen molar-refractivity contribution >= 4 is 35.8 Å². The standard InChI is InChI=1S/C20H41N5O2.HI/c1-5-22-20(24-12-10-18(16(3)4)27-6-2)23-11-8-14-25-13-7-9-17(15-25)19(21)26;/h16-18H,5-15H2,1-4H3,(H2,21,26)(H2,22,23,24);1H. The van der Waals surface area contributed by atoms with E-state index in [-0.39, 0.29) is 41.9 Å². The normalized spacial score (nSPS) is 19.2. The Kier molecular flexibility index (Phi) is 15.9. The van der Waals surface area contributed by atoms with E-state index in [1.807, 2.05) is 6.92 Å². The van der Waals surface area contributed by atoms with E-state index >= 15 is 0 Å². The van der Waals surface area contributed by atoms with Crippen molar-refractivity contribution in [1.29, 1.82) is 0 Å². The highest BCUT2D eigenvalue weighted by Gasteiger charge is 2.23. The summed E-state index contributed by atoms with van der Waals surface area (Å²) in [5.74, 6) is 1.23. The maximum absolute atomic E-state index is 11.4. The number of amides is 1. The van der Waals surface area contributed by atoms with Crippen molar-refractivity contribution in [2.24, 2.45) is 22.6 Å². The van der Waals surface area contributed by atoms with E-state index in [0.29, 0.717) is 5.92 Å². The van der Waals surface area contributed by atoms with Crippen LogP contribution in [-0.4, -0.2) is 68.7 Å². The quantitative estimate of drug-likeness (QED) is 0.162. The van der Waals surface area contributed by atoms with Gasteiger partial charge in [0.15, 0.2) is 5.96 Å². The average molecular weight is 511 g/mol. The fourth-order valence-electron chi connectivity index (χ4n) is 3.47. The highest BCUT2D eigenvalue weighted by Crippen LogP contribution is 2.16. The molecule has 1 rings (SSSR count). The number of carbonyl (C=O) groups excluding carboxylic acids is 1. The third-order valence-corrected chi connectivity index (χ3v) is 5.00. The first-order valence-electron chi connectivity index (χ1n) is 10.6. The van der Waals surface area contributed by atoms with Crippen molar-refractivity contribution in [3.8, 4) is 0 Å². The van der Waals surface area contributed by atoms with E-state index in [4.69, 9.17) is 10.5 Å². The van der Waals surface area contributed by atoms with E-state index < -0.39 is 0 Å². The molecule has 0 aromatic heterocycles. The molecule has 0 spiro atoms. The number of carbonyl (C=O) groups is 1. The summed E-state index contributed by atoms with van der Waals surface area (Å²) in [7, 11) is 0. The van der Waals surface area contributed by atoms with Crippen molar-refractivity contribution in [3.63, 3.8) is 0 Å². The Bertz CT molecular complexity index is 448. The Balaban J connectivity index is 0.00000729. The number of guanidine groups is 1. The number of hydrogen-bond acceptors (Lipinski definition) is 4. The summed E-state index contributed by atoms with van der Waals surface area (Å²) >= 11 is 0. The van der Waals surface area contributed by atoms with Gasteiger partial charge in [0.25, 0.3) is 0 Å². The molecule has 2 unspecified atom stereocenters. The maximum atomic E-state index is 11.4. The molecule has 0 saturated carbocycles. The van der Waals surface area contributed by atoms with Crippen LogP contribution in [0.25, 0.3) is 0 Å². The van der Waals surface area contributed by atoms with Crippen molar-refractivity contribution < 1.29 is 9.53 Å². The molecule has 28 heavy (non-hydrogen) atoms. The summed E-state index contributed by atoms with van der Waals surface area (Å²) in [5, 5.41) is 6.71. The zero-order valence-corrected chi connectivity index (χ0v) is 20.5. The predicted octanol–water partition coefficient (Wildman–Crippen LogP) is 2.20. The SMILES string of the molecule is CCNC(=NCCCN1CCCC(C(N)=O)C1)NCCC(OCC)C(C)C.I. The number of nitrogens with one attached hydrogen (secondary N) is 2. The third kappa shape index (κ3) is 11.4. The minimum Gasteiger partial charge on any atom is -0.378 e. The second-order valence-electron chi connectivity index (χ2n) is 7.61. The van der Waals surface area contributed by atoms with Crippen LogP contribution in [0.15, 0.2) is 4.99 Å². The van der Waals surface area contributed by atoms with Crippen LogP contribution in [0.3, 0.4) is 0 Å². The number of nitrogens with zero attached hydrogens (tertiary/aromatic N) is 2. The number of hydrogen-bond donors (Lipinski definition) is 3. The molecular weight excluding hydrogens is 469 g/mol. The highest BCUT2D eigenvalue weighted by atomic mass is 127. The van der Waals surface area contributed by atoms with Gasteiger partial charge >= 0.3 is 0 Å². The molecule has 1 heterocycles. The molecule has 1 aliphatic heterocycles. The molecule has 8 heteroatoms. The molecule has 2 atom stereocenters. The number of aliphatic imine (C=N–C) groups is 1. The molecule has 7 nitrogen and oxygen atoms in total. The topological polar surface area (TPSA) is 92.0 Å². The Morgan fingerprint density at radius 1 is 1.32 bits per heavy atom. The van der Waals surface area contributed by atoms with Crippen molar-refractivity contribution in [2.75, 3.05) is 45.9 Å². The van der Waals surface area contributed by atoms with Gasteiger partial charge in [-0.1, -0.05) is 13.8 Å². The number of piperidine rings is 1. The average Bonchev–Trinajstić information content (AvgIpc) is 2.64. The Labute approximate surface area is 188 Å². The lowest BCUT2D eigenvalue weighted by molar-refractivity contribution is -0.123. The first-order valence-corrected chi connectivity index (χ1v) is 10.6. The number of primary amides is 1. The molecular formula is C20H42IN5O2. The van der Waals surface area contributed by atoms with Crippen LogP contribution in [-0.2, 0) is 9.53 Å². The summed E-state index contributed by atoms with van der Waals surface area (Å²) in [6.07, 6.45) is 4.21. The third-order valence-electron chi connectivity index (χ3n) is 5.00. The smallest absolute Gasteiger partial charge is 0.221 e. The Hall–Kier alpha value is -0.610. The molecule has 4 N–H and O–H groups in total. The van der Waals surface area contributed by atoms with Crippen LogP contribution in [0, 0.1) is 11.8 Å².